The molecule has 140 valence electrons. The first-order chi connectivity index (χ1) is 13.6. The lowest BCUT2D eigenvalue weighted by Gasteiger charge is -2.08. The predicted octanol–water partition coefficient (Wildman–Crippen LogP) is 4.20. The molecule has 1 N–H and O–H groups in total. The Morgan fingerprint density at radius 1 is 1.18 bits per heavy atom. The van der Waals surface area contributed by atoms with Crippen LogP contribution >= 0.6 is 15.9 Å². The highest BCUT2D eigenvalue weighted by molar-refractivity contribution is 9.10. The molecule has 9 heteroatoms. The average molecular weight is 443 g/mol. The summed E-state index contributed by atoms with van der Waals surface area (Å²) in [7, 11) is 0. The summed E-state index contributed by atoms with van der Waals surface area (Å²) in [6.45, 7) is -0.374. The maximum absolute atomic E-state index is 13.9. The van der Waals surface area contributed by atoms with Crippen LogP contribution in [0.4, 0.5) is 10.1 Å². The minimum absolute atomic E-state index is 0.0552. The monoisotopic (exact) mass is 442 g/mol. The van der Waals surface area contributed by atoms with Gasteiger partial charge in [-0.2, -0.15) is 4.98 Å². The predicted molar refractivity (Wildman–Crippen MR) is 103 cm³/mol. The molecule has 0 fully saturated rings. The first-order valence-corrected chi connectivity index (χ1v) is 8.94. The first-order valence-electron chi connectivity index (χ1n) is 8.15. The van der Waals surface area contributed by atoms with Gasteiger partial charge in [0.2, 0.25) is 5.88 Å². The number of fused-ring (bicyclic) bond motifs is 1. The largest absolute Gasteiger partial charge is 0.467 e. The zero-order chi connectivity index (χ0) is 19.5. The van der Waals surface area contributed by atoms with Gasteiger partial charge in [-0.25, -0.2) is 9.37 Å². The average Bonchev–Trinajstić information content (AvgIpc) is 3.14. The van der Waals surface area contributed by atoms with Gasteiger partial charge in [0.15, 0.2) is 6.61 Å². The minimum Gasteiger partial charge on any atom is -0.467 e. The van der Waals surface area contributed by atoms with Crippen LogP contribution in [0.1, 0.15) is 0 Å². The van der Waals surface area contributed by atoms with Gasteiger partial charge in [0, 0.05) is 10.0 Å². The summed E-state index contributed by atoms with van der Waals surface area (Å²) in [5.41, 5.74) is 1.59. The van der Waals surface area contributed by atoms with Crippen molar-refractivity contribution in [3.05, 3.63) is 65.1 Å². The number of anilines is 1. The molecule has 7 nitrogen and oxygen atoms in total. The van der Waals surface area contributed by atoms with Gasteiger partial charge in [0.1, 0.15) is 23.2 Å². The number of ether oxygens (including phenoxy) is 1. The van der Waals surface area contributed by atoms with Crippen molar-refractivity contribution in [2.24, 2.45) is 0 Å². The molecule has 2 aromatic carbocycles. The smallest absolute Gasteiger partial charge is 0.265 e. The number of nitrogens with zero attached hydrogens (tertiary/aromatic N) is 3. The van der Waals surface area contributed by atoms with Crippen molar-refractivity contribution in [2.45, 2.75) is 0 Å². The Bertz CT molecular complexity index is 1150. The van der Waals surface area contributed by atoms with Crippen LogP contribution in [0.15, 0.2) is 63.9 Å². The van der Waals surface area contributed by atoms with Gasteiger partial charge in [0.25, 0.3) is 11.6 Å². The van der Waals surface area contributed by atoms with Crippen molar-refractivity contribution in [2.75, 3.05) is 11.9 Å². The molecule has 2 aromatic heterocycles. The molecular weight excluding hydrogens is 431 g/mol. The molecule has 0 aliphatic rings. The molecule has 28 heavy (non-hydrogen) atoms. The van der Waals surface area contributed by atoms with E-state index >= 15 is 0 Å². The number of benzene rings is 2. The van der Waals surface area contributed by atoms with Gasteiger partial charge >= 0.3 is 0 Å². The number of aromatic nitrogens is 3. The molecule has 0 aliphatic carbocycles. The van der Waals surface area contributed by atoms with E-state index in [0.29, 0.717) is 15.6 Å². The maximum Gasteiger partial charge on any atom is 0.265 e. The van der Waals surface area contributed by atoms with E-state index in [4.69, 9.17) is 9.26 Å². The van der Waals surface area contributed by atoms with Gasteiger partial charge < -0.3 is 14.6 Å². The van der Waals surface area contributed by atoms with Gasteiger partial charge in [-0.1, -0.05) is 51.4 Å². The van der Waals surface area contributed by atoms with Crippen LogP contribution in [-0.2, 0) is 4.79 Å². The molecular formula is C19H12BrFN4O3. The highest BCUT2D eigenvalue weighted by atomic mass is 79.9. The number of halogens is 2. The van der Waals surface area contributed by atoms with Crippen molar-refractivity contribution < 1.29 is 18.4 Å². The van der Waals surface area contributed by atoms with Gasteiger partial charge in [0.05, 0.1) is 5.69 Å². The number of carbonyl (C=O) groups excluding carboxylic acids is 1. The third-order valence-electron chi connectivity index (χ3n) is 3.83. The number of rotatable bonds is 5. The molecule has 4 aromatic rings. The summed E-state index contributed by atoms with van der Waals surface area (Å²) in [4.78, 5) is 20.3. The van der Waals surface area contributed by atoms with Crippen LogP contribution < -0.4 is 10.1 Å². The molecule has 0 saturated carbocycles. The minimum atomic E-state index is -0.558. The number of amides is 1. The second-order valence-electron chi connectivity index (χ2n) is 5.72. The molecule has 0 atom stereocenters. The van der Waals surface area contributed by atoms with E-state index in [-0.39, 0.29) is 23.9 Å². The summed E-state index contributed by atoms with van der Waals surface area (Å²) in [6, 6.07) is 13.7. The Balaban J connectivity index is 1.55. The molecule has 0 saturated heterocycles. The fraction of sp³-hybridized carbons (Fsp3) is 0.0526. The van der Waals surface area contributed by atoms with Crippen LogP contribution in [0.25, 0.3) is 22.4 Å². The maximum atomic E-state index is 13.9. The number of nitrogens with one attached hydrogen (secondary N) is 1. The van der Waals surface area contributed by atoms with Crippen molar-refractivity contribution in [3.63, 3.8) is 0 Å². The zero-order valence-electron chi connectivity index (χ0n) is 14.2. The topological polar surface area (TPSA) is 90.1 Å². The molecule has 4 rings (SSSR count). The third kappa shape index (κ3) is 3.70. The quantitative estimate of drug-likeness (QED) is 0.497. The molecule has 0 unspecified atom stereocenters. The van der Waals surface area contributed by atoms with Crippen molar-refractivity contribution in [3.8, 4) is 17.1 Å². The Kier molecular flexibility index (Phi) is 4.98. The summed E-state index contributed by atoms with van der Waals surface area (Å²) in [5, 5.41) is 6.94. The van der Waals surface area contributed by atoms with Gasteiger partial charge in [-0.3, -0.25) is 4.79 Å². The van der Waals surface area contributed by atoms with Crippen LogP contribution in [-0.4, -0.2) is 27.6 Å². The second kappa shape index (κ2) is 7.73. The lowest BCUT2D eigenvalue weighted by molar-refractivity contribution is -0.118. The summed E-state index contributed by atoms with van der Waals surface area (Å²) in [6.07, 6.45) is 1.25. The van der Waals surface area contributed by atoms with E-state index in [1.807, 2.05) is 30.3 Å². The lowest BCUT2D eigenvalue weighted by atomic mass is 10.1. The van der Waals surface area contributed by atoms with Crippen molar-refractivity contribution in [1.29, 1.82) is 0 Å². The standard InChI is InChI=1S/C19H12BrFN4O3/c20-12-6-7-14(13(21)8-12)24-15(26)9-27-18-16-17(11-4-2-1-3-5-11)25-28-19(16)23-10-22-18/h1-8,10H,9H2,(H,24,26). The van der Waals surface area contributed by atoms with Crippen LogP contribution in [0.3, 0.4) is 0 Å². The zero-order valence-corrected chi connectivity index (χ0v) is 15.8. The van der Waals surface area contributed by atoms with E-state index in [1.165, 1.54) is 18.5 Å². The van der Waals surface area contributed by atoms with Crippen LogP contribution in [0.2, 0.25) is 0 Å². The fourth-order valence-electron chi connectivity index (χ4n) is 2.57. The third-order valence-corrected chi connectivity index (χ3v) is 4.32. The normalized spacial score (nSPS) is 10.8. The van der Waals surface area contributed by atoms with Gasteiger partial charge in [-0.15, -0.1) is 0 Å². The van der Waals surface area contributed by atoms with E-state index in [1.54, 1.807) is 6.07 Å². The molecule has 0 bridgehead atoms. The molecule has 2 heterocycles. The van der Waals surface area contributed by atoms with E-state index < -0.39 is 11.7 Å². The highest BCUT2D eigenvalue weighted by Gasteiger charge is 2.18. The first kappa shape index (κ1) is 18.1. The SMILES string of the molecule is O=C(COc1ncnc2onc(-c3ccccc3)c12)Nc1ccc(Br)cc1F. The molecule has 0 radical (unpaired) electrons. The van der Waals surface area contributed by atoms with Crippen LogP contribution in [0, 0.1) is 5.82 Å². The Morgan fingerprint density at radius 2 is 2.00 bits per heavy atom. The lowest BCUT2D eigenvalue weighted by Crippen LogP contribution is -2.21. The fourth-order valence-corrected chi connectivity index (χ4v) is 2.91. The summed E-state index contributed by atoms with van der Waals surface area (Å²) >= 11 is 3.16. The molecule has 0 spiro atoms. The number of hydrogen-bond donors (Lipinski definition) is 1. The number of carbonyl (C=O) groups is 1. The Morgan fingerprint density at radius 3 is 2.79 bits per heavy atom. The Hall–Kier alpha value is -3.33. The van der Waals surface area contributed by atoms with Crippen molar-refractivity contribution in [1.82, 2.24) is 15.1 Å². The van der Waals surface area contributed by atoms with Gasteiger partial charge in [-0.05, 0) is 18.2 Å². The molecule has 0 aliphatic heterocycles. The summed E-state index contributed by atoms with van der Waals surface area (Å²) < 4.78 is 25.2. The number of hydrogen-bond acceptors (Lipinski definition) is 6. The van der Waals surface area contributed by atoms with E-state index in [2.05, 4.69) is 36.4 Å². The highest BCUT2D eigenvalue weighted by Crippen LogP contribution is 2.32. The second-order valence-corrected chi connectivity index (χ2v) is 6.63. The van der Waals surface area contributed by atoms with Crippen molar-refractivity contribution >= 4 is 38.6 Å². The van der Waals surface area contributed by atoms with E-state index in [9.17, 15) is 9.18 Å². The molecule has 1 amide bonds. The van der Waals surface area contributed by atoms with Crippen LogP contribution in [0.5, 0.6) is 5.88 Å². The van der Waals surface area contributed by atoms with E-state index in [0.717, 1.165) is 5.56 Å². The Labute approximate surface area is 166 Å². The summed E-state index contributed by atoms with van der Waals surface area (Å²) in [5.74, 6) is -0.945.